The van der Waals surface area contributed by atoms with Crippen molar-refractivity contribution < 1.29 is 45.6 Å². The third kappa shape index (κ3) is 7.12. The van der Waals surface area contributed by atoms with Gasteiger partial charge in [0, 0.05) is 21.8 Å². The predicted molar refractivity (Wildman–Crippen MR) is 122 cm³/mol. The molecule has 1 atom stereocenters. The van der Waals surface area contributed by atoms with Gasteiger partial charge in [0.05, 0.1) is 17.5 Å². The highest BCUT2D eigenvalue weighted by molar-refractivity contribution is 9.10. The lowest BCUT2D eigenvalue weighted by Gasteiger charge is -2.17. The molecule has 0 radical (unpaired) electrons. The van der Waals surface area contributed by atoms with Crippen LogP contribution in [0.5, 0.6) is 5.75 Å². The monoisotopic (exact) mass is 599 g/mol. The molecule has 1 heterocycles. The van der Waals surface area contributed by atoms with Gasteiger partial charge in [0.25, 0.3) is 0 Å². The fourth-order valence-electron chi connectivity index (χ4n) is 2.39. The van der Waals surface area contributed by atoms with Crippen LogP contribution in [-0.2, 0) is 21.6 Å². The Balaban J connectivity index is 2.55. The third-order valence-electron chi connectivity index (χ3n) is 4.04. The van der Waals surface area contributed by atoms with E-state index in [1.807, 2.05) is 0 Å². The zero-order valence-corrected chi connectivity index (χ0v) is 21.6. The summed E-state index contributed by atoms with van der Waals surface area (Å²) in [5.41, 5.74) is -4.26. The van der Waals surface area contributed by atoms with Gasteiger partial charge in [-0.15, -0.1) is 11.3 Å². The van der Waals surface area contributed by atoms with Gasteiger partial charge in [-0.3, -0.25) is 4.57 Å². The van der Waals surface area contributed by atoms with E-state index in [1.54, 1.807) is 20.8 Å². The summed E-state index contributed by atoms with van der Waals surface area (Å²) >= 11 is 1.64. The number of nitrogens with zero attached hydrogens (tertiary/aromatic N) is 1. The predicted octanol–water partition coefficient (Wildman–Crippen LogP) is 6.49. The molecule has 15 heteroatoms. The van der Waals surface area contributed by atoms with Crippen molar-refractivity contribution in [1.29, 1.82) is 0 Å². The van der Waals surface area contributed by atoms with Crippen molar-refractivity contribution in [3.63, 3.8) is 0 Å². The quantitative estimate of drug-likeness (QED) is 0.119. The molecule has 33 heavy (non-hydrogen) atoms. The van der Waals surface area contributed by atoms with Gasteiger partial charge in [-0.1, -0.05) is 4.40 Å². The molecule has 2 rings (SSSR count). The average Bonchev–Trinajstić information content (AvgIpc) is 2.98. The van der Waals surface area contributed by atoms with Gasteiger partial charge in [0.2, 0.25) is 0 Å². The third-order valence-corrected chi connectivity index (χ3v) is 8.87. The molecule has 6 nitrogen and oxygen atoms in total. The number of hydrogen-bond acceptors (Lipinski definition) is 5. The zero-order valence-electron chi connectivity index (χ0n) is 17.5. The molecule has 0 aliphatic rings. The first kappa shape index (κ1) is 28.5. The minimum atomic E-state index is -5.87. The van der Waals surface area contributed by atoms with Crippen molar-refractivity contribution in [3.05, 3.63) is 27.0 Å². The number of fused-ring (bicyclic) bond motifs is 1. The Hall–Kier alpha value is -0.760. The van der Waals surface area contributed by atoms with Crippen molar-refractivity contribution in [2.45, 2.75) is 50.2 Å². The molecular formula is C18H20BrF5NO5PS2. The Labute approximate surface area is 201 Å². The van der Waals surface area contributed by atoms with Crippen molar-refractivity contribution in [3.8, 4) is 5.75 Å². The smallest absolute Gasteiger partial charge is 0.400 e. The highest BCUT2D eigenvalue weighted by Crippen LogP contribution is 2.63. The number of ether oxygens (including phenoxy) is 1. The number of benzene rings is 1. The second-order valence-corrected chi connectivity index (χ2v) is 13.3. The van der Waals surface area contributed by atoms with E-state index >= 15 is 0 Å². The van der Waals surface area contributed by atoms with Crippen LogP contribution in [0.3, 0.4) is 0 Å². The molecule has 0 aliphatic heterocycles. The highest BCUT2D eigenvalue weighted by Gasteiger charge is 2.53. The first-order valence-corrected chi connectivity index (χ1v) is 13.5. The van der Waals surface area contributed by atoms with Gasteiger partial charge in [-0.2, -0.15) is 22.0 Å². The summed E-state index contributed by atoms with van der Waals surface area (Å²) in [4.78, 5) is 17.2. The average molecular weight is 600 g/mol. The van der Waals surface area contributed by atoms with Gasteiger partial charge < -0.3 is 19.1 Å². The second-order valence-electron chi connectivity index (χ2n) is 7.89. The first-order valence-electron chi connectivity index (χ1n) is 9.20. The molecule has 0 saturated heterocycles. The second kappa shape index (κ2) is 10.1. The van der Waals surface area contributed by atoms with E-state index in [9.17, 15) is 31.1 Å². The Morgan fingerprint density at radius 3 is 2.36 bits per heavy atom. The Bertz CT molecular complexity index is 1080. The maximum Gasteiger partial charge on any atom is 0.400 e. The molecule has 1 aromatic heterocycles. The van der Waals surface area contributed by atoms with Crippen LogP contribution < -0.4 is 4.74 Å². The maximum absolute atomic E-state index is 14.4. The summed E-state index contributed by atoms with van der Waals surface area (Å²) in [5.74, 6) is -0.0730. The molecule has 0 amide bonds. The van der Waals surface area contributed by atoms with Crippen molar-refractivity contribution in [2.24, 2.45) is 4.40 Å². The van der Waals surface area contributed by atoms with Gasteiger partial charge in [0.1, 0.15) is 26.7 Å². The molecule has 1 aromatic carbocycles. The van der Waals surface area contributed by atoms with Gasteiger partial charge in [-0.25, -0.2) is 0 Å². The number of hydrogen-bond donors (Lipinski definition) is 2. The Morgan fingerprint density at radius 2 is 1.85 bits per heavy atom. The van der Waals surface area contributed by atoms with Gasteiger partial charge in [-0.05, 0) is 55.3 Å². The molecule has 0 bridgehead atoms. The molecular weight excluding hydrogens is 580 g/mol. The fourth-order valence-corrected chi connectivity index (χ4v) is 5.90. The van der Waals surface area contributed by atoms with Crippen LogP contribution in [0.4, 0.5) is 22.0 Å². The number of rotatable bonds is 8. The number of halogens is 6. The summed E-state index contributed by atoms with van der Waals surface area (Å²) in [6, 6.07) is 2.68. The van der Waals surface area contributed by atoms with Crippen molar-refractivity contribution >= 4 is 62.5 Å². The number of thiophene rings is 1. The molecule has 0 spiro atoms. The maximum atomic E-state index is 14.4. The van der Waals surface area contributed by atoms with Crippen molar-refractivity contribution in [1.82, 2.24) is 0 Å². The van der Waals surface area contributed by atoms with Crippen LogP contribution >= 0.6 is 34.9 Å². The molecule has 2 aromatic rings. The van der Waals surface area contributed by atoms with Crippen LogP contribution in [0.25, 0.3) is 10.1 Å². The summed E-state index contributed by atoms with van der Waals surface area (Å²) in [6.45, 7) is 4.67. The largest absolute Gasteiger partial charge is 0.591 e. The summed E-state index contributed by atoms with van der Waals surface area (Å²) in [7, 11) is -5.87. The zero-order chi connectivity index (χ0) is 25.4. The van der Waals surface area contributed by atoms with E-state index < -0.39 is 53.3 Å². The van der Waals surface area contributed by atoms with E-state index in [2.05, 4.69) is 20.3 Å². The minimum absolute atomic E-state index is 0.0473. The van der Waals surface area contributed by atoms with Crippen molar-refractivity contribution in [2.75, 3.05) is 6.61 Å². The van der Waals surface area contributed by atoms with Crippen LogP contribution in [-0.4, -0.2) is 38.1 Å². The number of alkyl halides is 5. The molecule has 1 unspecified atom stereocenters. The van der Waals surface area contributed by atoms with E-state index in [0.29, 0.717) is 11.3 Å². The SMILES string of the molecule is CC(C)(C)[S+]([O-])N=Cc1cc(OCCCC(F)(F)F)c2sc(C(F)(F)P(=O)(O)O)c(Br)c2c1. The van der Waals surface area contributed by atoms with E-state index in [1.165, 1.54) is 18.3 Å². The van der Waals surface area contributed by atoms with Gasteiger partial charge >= 0.3 is 19.4 Å². The topological polar surface area (TPSA) is 102 Å². The molecule has 0 saturated carbocycles. The molecule has 186 valence electrons. The van der Waals surface area contributed by atoms with E-state index in [-0.39, 0.29) is 32.5 Å². The lowest BCUT2D eigenvalue weighted by Crippen LogP contribution is -2.25. The minimum Gasteiger partial charge on any atom is -0.591 e. The Kier molecular flexibility index (Phi) is 8.70. The highest BCUT2D eigenvalue weighted by atomic mass is 79.9. The van der Waals surface area contributed by atoms with Crippen LogP contribution in [0.2, 0.25) is 0 Å². The standard InChI is InChI=1S/C18H20BrF5NO5PS2/c1-16(2,3)33(29)25-9-10-7-11-13(19)15(18(23,24)31(26,27)28)32-14(11)12(8-10)30-6-4-5-17(20,21)22/h7-9H,4-6H2,1-3H3,(H2,26,27,28). The van der Waals surface area contributed by atoms with Crippen LogP contribution in [0, 0.1) is 0 Å². The Morgan fingerprint density at radius 1 is 1.24 bits per heavy atom. The fraction of sp³-hybridized carbons (Fsp3) is 0.500. The van der Waals surface area contributed by atoms with Gasteiger partial charge in [0.15, 0.2) is 0 Å². The summed E-state index contributed by atoms with van der Waals surface area (Å²) in [5, 5.41) is 0.0828. The first-order chi connectivity index (χ1) is 14.8. The van der Waals surface area contributed by atoms with E-state index in [4.69, 9.17) is 14.5 Å². The lowest BCUT2D eigenvalue weighted by molar-refractivity contribution is -0.136. The van der Waals surface area contributed by atoms with Crippen LogP contribution in [0.15, 0.2) is 21.0 Å². The molecule has 0 fully saturated rings. The molecule has 0 aliphatic carbocycles. The lowest BCUT2D eigenvalue weighted by atomic mass is 10.1. The summed E-state index contributed by atoms with van der Waals surface area (Å²) < 4.78 is 98.0. The molecule has 2 N–H and O–H groups in total. The van der Waals surface area contributed by atoms with E-state index in [0.717, 1.165) is 0 Å². The summed E-state index contributed by atoms with van der Waals surface area (Å²) in [6.07, 6.45) is -4.70. The normalized spacial score (nSPS) is 14.9. The van der Waals surface area contributed by atoms with Crippen LogP contribution in [0.1, 0.15) is 44.1 Å².